The van der Waals surface area contributed by atoms with Crippen molar-refractivity contribution >= 4 is 11.6 Å². The predicted molar refractivity (Wildman–Crippen MR) is 71.6 cm³/mol. The van der Waals surface area contributed by atoms with Crippen LogP contribution in [0.1, 0.15) is 12.0 Å². The van der Waals surface area contributed by atoms with E-state index in [2.05, 4.69) is 6.07 Å². The largest absolute Gasteiger partial charge is 0.394 e. The van der Waals surface area contributed by atoms with Crippen LogP contribution in [0.15, 0.2) is 24.3 Å². The summed E-state index contributed by atoms with van der Waals surface area (Å²) in [5, 5.41) is 18.5. The van der Waals surface area contributed by atoms with Crippen LogP contribution >= 0.6 is 0 Å². The maximum absolute atomic E-state index is 12.5. The summed E-state index contributed by atoms with van der Waals surface area (Å²) in [6, 6.07) is 8.64. The average Bonchev–Trinajstić information content (AvgIpc) is 2.57. The summed E-state index contributed by atoms with van der Waals surface area (Å²) in [4.78, 5) is 15.9. The molecule has 1 saturated heterocycles. The Labute approximate surface area is 112 Å². The van der Waals surface area contributed by atoms with Crippen LogP contribution in [0, 0.1) is 11.3 Å². The van der Waals surface area contributed by atoms with Gasteiger partial charge in [-0.15, -0.1) is 0 Å². The average molecular weight is 259 g/mol. The Morgan fingerprint density at radius 3 is 2.84 bits per heavy atom. The van der Waals surface area contributed by atoms with Crippen molar-refractivity contribution in [1.29, 1.82) is 5.26 Å². The predicted octanol–water partition coefficient (Wildman–Crippen LogP) is 0.588. The lowest BCUT2D eigenvalue weighted by Gasteiger charge is -2.27. The van der Waals surface area contributed by atoms with Crippen LogP contribution in [0.25, 0.3) is 0 Å². The van der Waals surface area contributed by atoms with E-state index in [0.29, 0.717) is 17.8 Å². The number of aliphatic hydroxyl groups excluding tert-OH is 1. The molecule has 1 amide bonds. The van der Waals surface area contributed by atoms with E-state index in [1.807, 2.05) is 18.0 Å². The molecule has 0 radical (unpaired) electrons. The van der Waals surface area contributed by atoms with Gasteiger partial charge in [0.15, 0.2) is 0 Å². The van der Waals surface area contributed by atoms with E-state index in [0.717, 1.165) is 13.0 Å². The minimum Gasteiger partial charge on any atom is -0.394 e. The van der Waals surface area contributed by atoms with Crippen molar-refractivity contribution < 1.29 is 9.90 Å². The Hall–Kier alpha value is -1.90. The molecule has 5 heteroatoms. The summed E-state index contributed by atoms with van der Waals surface area (Å²) in [6.07, 6.45) is 0.818. The van der Waals surface area contributed by atoms with Crippen molar-refractivity contribution in [3.63, 3.8) is 0 Å². The van der Waals surface area contributed by atoms with Gasteiger partial charge < -0.3 is 10.0 Å². The number of anilines is 1. The first-order chi connectivity index (χ1) is 9.19. The minimum atomic E-state index is -0.533. The SMILES string of the molecule is CN1CCCN(c2ccccc2C#N)C(=O)C1CO. The Morgan fingerprint density at radius 2 is 2.16 bits per heavy atom. The molecule has 1 aliphatic rings. The fraction of sp³-hybridized carbons (Fsp3) is 0.429. The summed E-state index contributed by atoms with van der Waals surface area (Å²) in [5.74, 6) is -0.148. The molecule has 0 bridgehead atoms. The number of nitrogens with zero attached hydrogens (tertiary/aromatic N) is 3. The third-order valence-corrected chi connectivity index (χ3v) is 3.46. The van der Waals surface area contributed by atoms with Gasteiger partial charge in [-0.25, -0.2) is 0 Å². The summed E-state index contributed by atoms with van der Waals surface area (Å²) in [7, 11) is 1.83. The van der Waals surface area contributed by atoms with E-state index in [1.165, 1.54) is 0 Å². The lowest BCUT2D eigenvalue weighted by atomic mass is 10.1. The van der Waals surface area contributed by atoms with Gasteiger partial charge >= 0.3 is 0 Å². The van der Waals surface area contributed by atoms with Gasteiger partial charge in [-0.2, -0.15) is 5.26 Å². The number of carbonyl (C=O) groups is 1. The van der Waals surface area contributed by atoms with Crippen molar-refractivity contribution in [3.05, 3.63) is 29.8 Å². The Kier molecular flexibility index (Phi) is 4.15. The van der Waals surface area contributed by atoms with E-state index in [4.69, 9.17) is 5.26 Å². The molecule has 5 nitrogen and oxygen atoms in total. The molecule has 0 spiro atoms. The Balaban J connectivity index is 2.38. The van der Waals surface area contributed by atoms with Crippen LogP contribution in [0.3, 0.4) is 0 Å². The molecule has 0 saturated carbocycles. The molecule has 100 valence electrons. The lowest BCUT2D eigenvalue weighted by Crippen LogP contribution is -2.46. The van der Waals surface area contributed by atoms with Crippen LogP contribution in [-0.4, -0.2) is 48.7 Å². The second-order valence-electron chi connectivity index (χ2n) is 4.65. The number of nitriles is 1. The van der Waals surface area contributed by atoms with Gasteiger partial charge in [-0.1, -0.05) is 12.1 Å². The molecule has 1 N–H and O–H groups in total. The number of amides is 1. The standard InChI is InChI=1S/C14H17N3O2/c1-16-7-4-8-17(14(19)13(16)10-18)12-6-3-2-5-11(12)9-15/h2-3,5-6,13,18H,4,7-8,10H2,1H3. The molecule has 0 aromatic heterocycles. The highest BCUT2D eigenvalue weighted by molar-refractivity contribution is 5.98. The summed E-state index contributed by atoms with van der Waals surface area (Å²) in [5.41, 5.74) is 1.11. The third kappa shape index (κ3) is 2.60. The quantitative estimate of drug-likeness (QED) is 0.844. The molecule has 1 unspecified atom stereocenters. The zero-order chi connectivity index (χ0) is 13.8. The topological polar surface area (TPSA) is 67.6 Å². The number of benzene rings is 1. The van der Waals surface area contributed by atoms with E-state index < -0.39 is 6.04 Å². The number of aliphatic hydroxyl groups is 1. The van der Waals surface area contributed by atoms with Crippen LogP contribution in [-0.2, 0) is 4.79 Å². The smallest absolute Gasteiger partial charge is 0.246 e. The second-order valence-corrected chi connectivity index (χ2v) is 4.65. The zero-order valence-electron chi connectivity index (χ0n) is 10.9. The van der Waals surface area contributed by atoms with Crippen molar-refractivity contribution in [2.75, 3.05) is 31.6 Å². The van der Waals surface area contributed by atoms with Crippen LogP contribution in [0.2, 0.25) is 0 Å². The number of para-hydroxylation sites is 1. The number of rotatable bonds is 2. The first-order valence-corrected chi connectivity index (χ1v) is 6.30. The maximum Gasteiger partial charge on any atom is 0.246 e. The van der Waals surface area contributed by atoms with Crippen molar-refractivity contribution in [2.24, 2.45) is 0 Å². The number of likely N-dealkylation sites (N-methyl/N-ethyl adjacent to an activating group) is 1. The maximum atomic E-state index is 12.5. The Morgan fingerprint density at radius 1 is 1.42 bits per heavy atom. The highest BCUT2D eigenvalue weighted by atomic mass is 16.3. The molecular formula is C14H17N3O2. The molecule has 0 aliphatic carbocycles. The normalized spacial score (nSPS) is 21.0. The highest BCUT2D eigenvalue weighted by Crippen LogP contribution is 2.23. The van der Waals surface area contributed by atoms with Gasteiger partial charge in [-0.05, 0) is 25.6 Å². The molecule has 1 heterocycles. The molecule has 1 atom stereocenters. The lowest BCUT2D eigenvalue weighted by molar-refractivity contribution is -0.123. The van der Waals surface area contributed by atoms with Gasteiger partial charge in [-0.3, -0.25) is 9.69 Å². The molecular weight excluding hydrogens is 242 g/mol. The van der Waals surface area contributed by atoms with E-state index in [-0.39, 0.29) is 12.5 Å². The summed E-state index contributed by atoms with van der Waals surface area (Å²) < 4.78 is 0. The van der Waals surface area contributed by atoms with Crippen LogP contribution in [0.5, 0.6) is 0 Å². The summed E-state index contributed by atoms with van der Waals surface area (Å²) >= 11 is 0. The van der Waals surface area contributed by atoms with Gasteiger partial charge in [0.2, 0.25) is 5.91 Å². The zero-order valence-corrected chi connectivity index (χ0v) is 10.9. The van der Waals surface area contributed by atoms with E-state index >= 15 is 0 Å². The van der Waals surface area contributed by atoms with Crippen molar-refractivity contribution in [1.82, 2.24) is 4.90 Å². The monoisotopic (exact) mass is 259 g/mol. The highest BCUT2D eigenvalue weighted by Gasteiger charge is 2.31. The summed E-state index contributed by atoms with van der Waals surface area (Å²) in [6.45, 7) is 1.11. The van der Waals surface area contributed by atoms with Crippen molar-refractivity contribution in [3.8, 4) is 6.07 Å². The fourth-order valence-corrected chi connectivity index (χ4v) is 2.37. The molecule has 1 aromatic rings. The molecule has 1 aliphatic heterocycles. The van der Waals surface area contributed by atoms with Crippen molar-refractivity contribution in [2.45, 2.75) is 12.5 Å². The fourth-order valence-electron chi connectivity index (χ4n) is 2.37. The molecule has 1 aromatic carbocycles. The van der Waals surface area contributed by atoms with Gasteiger partial charge in [0, 0.05) is 13.1 Å². The number of hydrogen-bond acceptors (Lipinski definition) is 4. The first kappa shape index (κ1) is 13.5. The van der Waals surface area contributed by atoms with Crippen LogP contribution < -0.4 is 4.90 Å². The number of hydrogen-bond donors (Lipinski definition) is 1. The van der Waals surface area contributed by atoms with E-state index in [1.54, 1.807) is 23.1 Å². The Bertz CT molecular complexity index is 510. The van der Waals surface area contributed by atoms with Gasteiger partial charge in [0.05, 0.1) is 17.9 Å². The number of carbonyl (C=O) groups excluding carboxylic acids is 1. The van der Waals surface area contributed by atoms with Crippen LogP contribution in [0.4, 0.5) is 5.69 Å². The van der Waals surface area contributed by atoms with Gasteiger partial charge in [0.25, 0.3) is 0 Å². The molecule has 19 heavy (non-hydrogen) atoms. The minimum absolute atomic E-state index is 0.148. The van der Waals surface area contributed by atoms with E-state index in [9.17, 15) is 9.90 Å². The second kappa shape index (κ2) is 5.83. The molecule has 1 fully saturated rings. The molecule has 2 rings (SSSR count). The first-order valence-electron chi connectivity index (χ1n) is 6.30. The van der Waals surface area contributed by atoms with Gasteiger partial charge in [0.1, 0.15) is 12.1 Å². The third-order valence-electron chi connectivity index (χ3n) is 3.46.